The van der Waals surface area contributed by atoms with E-state index in [1.807, 2.05) is 18.2 Å². The van der Waals surface area contributed by atoms with Gasteiger partial charge in [0.1, 0.15) is 17.4 Å². The fourth-order valence-corrected chi connectivity index (χ4v) is 4.08. The van der Waals surface area contributed by atoms with Crippen molar-refractivity contribution in [1.82, 2.24) is 4.98 Å². The summed E-state index contributed by atoms with van der Waals surface area (Å²) in [6.07, 6.45) is 8.41. The molecule has 2 aliphatic carbocycles. The van der Waals surface area contributed by atoms with Crippen molar-refractivity contribution in [1.29, 1.82) is 0 Å². The summed E-state index contributed by atoms with van der Waals surface area (Å²) in [6, 6.07) is 10.1. The fourth-order valence-electron chi connectivity index (χ4n) is 4.08. The molecule has 1 heterocycles. The zero-order chi connectivity index (χ0) is 14.3. The van der Waals surface area contributed by atoms with Crippen LogP contribution in [0.25, 0.3) is 10.9 Å². The molecule has 1 aromatic heterocycles. The summed E-state index contributed by atoms with van der Waals surface area (Å²) < 4.78 is 6.30. The third kappa shape index (κ3) is 2.03. The Morgan fingerprint density at radius 1 is 1.10 bits per heavy atom. The van der Waals surface area contributed by atoms with E-state index in [-0.39, 0.29) is 17.6 Å². The lowest BCUT2D eigenvalue weighted by Gasteiger charge is -2.55. The first-order valence-electron chi connectivity index (χ1n) is 7.98. The van der Waals surface area contributed by atoms with E-state index in [2.05, 4.69) is 17.1 Å². The predicted octanol–water partition coefficient (Wildman–Crippen LogP) is 3.70. The SMILES string of the molecule is OC1CC(Oc2cccc3cccnc23)C12CCCCC2. The molecule has 3 nitrogen and oxygen atoms in total. The van der Waals surface area contributed by atoms with E-state index < -0.39 is 0 Å². The number of nitrogens with zero attached hydrogens (tertiary/aromatic N) is 1. The average Bonchev–Trinajstić information content (AvgIpc) is 2.55. The number of benzene rings is 1. The second-order valence-corrected chi connectivity index (χ2v) is 6.48. The van der Waals surface area contributed by atoms with Crippen LogP contribution in [-0.2, 0) is 0 Å². The number of hydrogen-bond acceptors (Lipinski definition) is 3. The Morgan fingerprint density at radius 3 is 2.71 bits per heavy atom. The fraction of sp³-hybridized carbons (Fsp3) is 0.500. The first-order valence-corrected chi connectivity index (χ1v) is 7.98. The summed E-state index contributed by atoms with van der Waals surface area (Å²) in [7, 11) is 0. The van der Waals surface area contributed by atoms with Gasteiger partial charge in [0, 0.05) is 23.4 Å². The van der Waals surface area contributed by atoms with Crippen LogP contribution in [0.15, 0.2) is 36.5 Å². The average molecular weight is 283 g/mol. The van der Waals surface area contributed by atoms with Crippen molar-refractivity contribution in [3.8, 4) is 5.75 Å². The molecule has 0 bridgehead atoms. The van der Waals surface area contributed by atoms with E-state index in [9.17, 15) is 5.11 Å². The van der Waals surface area contributed by atoms with Crippen LogP contribution in [-0.4, -0.2) is 22.3 Å². The molecule has 0 amide bonds. The number of para-hydroxylation sites is 1. The number of hydrogen-bond donors (Lipinski definition) is 1. The number of aliphatic hydroxyl groups excluding tert-OH is 1. The molecular formula is C18H21NO2. The van der Waals surface area contributed by atoms with Gasteiger partial charge in [0.2, 0.25) is 0 Å². The molecule has 110 valence electrons. The molecule has 3 heteroatoms. The maximum Gasteiger partial charge on any atom is 0.145 e. The second-order valence-electron chi connectivity index (χ2n) is 6.48. The first-order chi connectivity index (χ1) is 10.3. The Labute approximate surface area is 125 Å². The smallest absolute Gasteiger partial charge is 0.145 e. The van der Waals surface area contributed by atoms with Gasteiger partial charge in [0.05, 0.1) is 6.10 Å². The number of aromatic nitrogens is 1. The quantitative estimate of drug-likeness (QED) is 0.914. The largest absolute Gasteiger partial charge is 0.487 e. The van der Waals surface area contributed by atoms with Crippen LogP contribution in [0.1, 0.15) is 38.5 Å². The number of pyridine rings is 1. The molecule has 1 N–H and O–H groups in total. The molecule has 2 aliphatic rings. The molecule has 0 radical (unpaired) electrons. The van der Waals surface area contributed by atoms with Gasteiger partial charge in [-0.25, -0.2) is 0 Å². The molecule has 2 aromatic rings. The van der Waals surface area contributed by atoms with Gasteiger partial charge in [-0.05, 0) is 25.0 Å². The topological polar surface area (TPSA) is 42.4 Å². The summed E-state index contributed by atoms with van der Waals surface area (Å²) in [5, 5.41) is 11.4. The van der Waals surface area contributed by atoms with Gasteiger partial charge in [-0.15, -0.1) is 0 Å². The van der Waals surface area contributed by atoms with Gasteiger partial charge in [-0.2, -0.15) is 0 Å². The normalized spacial score (nSPS) is 27.5. The van der Waals surface area contributed by atoms with Crippen LogP contribution < -0.4 is 4.74 Å². The Balaban J connectivity index is 1.63. The van der Waals surface area contributed by atoms with Crippen molar-refractivity contribution in [2.75, 3.05) is 0 Å². The summed E-state index contributed by atoms with van der Waals surface area (Å²) in [4.78, 5) is 4.46. The van der Waals surface area contributed by atoms with E-state index in [0.717, 1.165) is 35.9 Å². The third-order valence-electron chi connectivity index (χ3n) is 5.39. The highest BCUT2D eigenvalue weighted by atomic mass is 16.5. The molecule has 2 saturated carbocycles. The molecule has 1 aromatic carbocycles. The number of fused-ring (bicyclic) bond motifs is 1. The maximum absolute atomic E-state index is 10.3. The molecule has 4 rings (SSSR count). The monoisotopic (exact) mass is 283 g/mol. The zero-order valence-corrected chi connectivity index (χ0v) is 12.2. The van der Waals surface area contributed by atoms with Gasteiger partial charge in [0.25, 0.3) is 0 Å². The first kappa shape index (κ1) is 13.1. The number of aliphatic hydroxyl groups is 1. The molecule has 2 atom stereocenters. The van der Waals surface area contributed by atoms with Crippen LogP contribution in [0.5, 0.6) is 5.75 Å². The highest BCUT2D eigenvalue weighted by molar-refractivity contribution is 5.84. The van der Waals surface area contributed by atoms with Crippen molar-refractivity contribution in [3.05, 3.63) is 36.5 Å². The van der Waals surface area contributed by atoms with E-state index in [4.69, 9.17) is 4.74 Å². The molecule has 2 fully saturated rings. The van der Waals surface area contributed by atoms with E-state index in [1.54, 1.807) is 6.20 Å². The maximum atomic E-state index is 10.3. The number of ether oxygens (including phenoxy) is 1. The molecule has 1 spiro atoms. The highest BCUT2D eigenvalue weighted by Crippen LogP contribution is 2.53. The molecule has 0 aliphatic heterocycles. The minimum Gasteiger partial charge on any atom is -0.487 e. The minimum atomic E-state index is -0.189. The molecule has 0 saturated heterocycles. The summed E-state index contributed by atoms with van der Waals surface area (Å²) in [5.41, 5.74) is 0.919. The molecular weight excluding hydrogens is 262 g/mol. The van der Waals surface area contributed by atoms with Crippen LogP contribution in [0, 0.1) is 5.41 Å². The standard InChI is InChI=1S/C18H21NO2/c20-15-12-16(18(15)9-2-1-3-10-18)21-14-8-4-6-13-7-5-11-19-17(13)14/h4-8,11,15-16,20H,1-3,9-10,12H2. The van der Waals surface area contributed by atoms with Crippen molar-refractivity contribution in [3.63, 3.8) is 0 Å². The van der Waals surface area contributed by atoms with Crippen LogP contribution in [0.3, 0.4) is 0 Å². The van der Waals surface area contributed by atoms with Crippen molar-refractivity contribution >= 4 is 10.9 Å². The Morgan fingerprint density at radius 2 is 1.90 bits per heavy atom. The van der Waals surface area contributed by atoms with Gasteiger partial charge in [0.15, 0.2) is 0 Å². The Hall–Kier alpha value is -1.61. The lowest BCUT2D eigenvalue weighted by Crippen LogP contribution is -2.60. The number of rotatable bonds is 2. The molecule has 2 unspecified atom stereocenters. The van der Waals surface area contributed by atoms with E-state index in [1.165, 1.54) is 19.3 Å². The van der Waals surface area contributed by atoms with Gasteiger partial charge in [-0.1, -0.05) is 37.5 Å². The summed E-state index contributed by atoms with van der Waals surface area (Å²) >= 11 is 0. The summed E-state index contributed by atoms with van der Waals surface area (Å²) in [5.74, 6) is 0.856. The van der Waals surface area contributed by atoms with Gasteiger partial charge < -0.3 is 9.84 Å². The predicted molar refractivity (Wildman–Crippen MR) is 82.3 cm³/mol. The van der Waals surface area contributed by atoms with Gasteiger partial charge in [-0.3, -0.25) is 4.98 Å². The molecule has 21 heavy (non-hydrogen) atoms. The van der Waals surface area contributed by atoms with Crippen molar-refractivity contribution < 1.29 is 9.84 Å². The van der Waals surface area contributed by atoms with E-state index in [0.29, 0.717) is 0 Å². The highest BCUT2D eigenvalue weighted by Gasteiger charge is 2.56. The lowest BCUT2D eigenvalue weighted by molar-refractivity contribution is -0.171. The van der Waals surface area contributed by atoms with Crippen molar-refractivity contribution in [2.24, 2.45) is 5.41 Å². The lowest BCUT2D eigenvalue weighted by atomic mass is 9.56. The van der Waals surface area contributed by atoms with Crippen LogP contribution in [0.4, 0.5) is 0 Å². The van der Waals surface area contributed by atoms with E-state index >= 15 is 0 Å². The Bertz CT molecular complexity index is 643. The van der Waals surface area contributed by atoms with Crippen LogP contribution in [0.2, 0.25) is 0 Å². The zero-order valence-electron chi connectivity index (χ0n) is 12.2. The summed E-state index contributed by atoms with van der Waals surface area (Å²) in [6.45, 7) is 0. The second kappa shape index (κ2) is 4.99. The third-order valence-corrected chi connectivity index (χ3v) is 5.39. The van der Waals surface area contributed by atoms with Crippen molar-refractivity contribution in [2.45, 2.75) is 50.7 Å². The Kier molecular flexibility index (Phi) is 3.11. The minimum absolute atomic E-state index is 0.00477. The van der Waals surface area contributed by atoms with Crippen LogP contribution >= 0.6 is 0 Å². The van der Waals surface area contributed by atoms with Gasteiger partial charge >= 0.3 is 0 Å².